The number of rotatable bonds is 8. The van der Waals surface area contributed by atoms with Crippen molar-refractivity contribution in [1.29, 1.82) is 0 Å². The number of carboxylic acid groups (broad SMARTS) is 1. The van der Waals surface area contributed by atoms with E-state index in [2.05, 4.69) is 25.6 Å². The Labute approximate surface area is 232 Å². The molecule has 0 aliphatic carbocycles. The highest BCUT2D eigenvalue weighted by Crippen LogP contribution is 2.45. The lowest BCUT2D eigenvalue weighted by Gasteiger charge is -2.22. The summed E-state index contributed by atoms with van der Waals surface area (Å²) >= 11 is 0. The highest BCUT2D eigenvalue weighted by Gasteiger charge is 2.54. The van der Waals surface area contributed by atoms with Gasteiger partial charge >= 0.3 is 12.0 Å². The molecule has 0 radical (unpaired) electrons. The first-order valence-electron chi connectivity index (χ1n) is 12.8. The highest BCUT2D eigenvalue weighted by molar-refractivity contribution is 5.95. The van der Waals surface area contributed by atoms with E-state index >= 15 is 0 Å². The quantitative estimate of drug-likeness (QED) is 0.290. The maximum Gasteiger partial charge on any atom is 0.339 e. The predicted molar refractivity (Wildman–Crippen MR) is 140 cm³/mol. The molecule has 2 fully saturated rings. The van der Waals surface area contributed by atoms with Crippen molar-refractivity contribution in [2.24, 2.45) is 0 Å². The molecule has 5 atom stereocenters. The molecular formula is C27H25FN6O7. The summed E-state index contributed by atoms with van der Waals surface area (Å²) in [5, 5.41) is 14.8. The van der Waals surface area contributed by atoms with Crippen LogP contribution in [-0.4, -0.2) is 68.1 Å². The number of hydrogen-bond donors (Lipinski definition) is 3. The van der Waals surface area contributed by atoms with E-state index in [1.807, 2.05) is 0 Å². The van der Waals surface area contributed by atoms with Crippen molar-refractivity contribution in [2.75, 3.05) is 18.5 Å². The number of hydrogen-bond acceptors (Lipinski definition) is 9. The minimum atomic E-state index is -1.12. The summed E-state index contributed by atoms with van der Waals surface area (Å²) < 4.78 is 40.0. The van der Waals surface area contributed by atoms with Crippen molar-refractivity contribution in [2.45, 2.75) is 37.8 Å². The van der Waals surface area contributed by atoms with Crippen molar-refractivity contribution in [3.63, 3.8) is 0 Å². The Morgan fingerprint density at radius 2 is 1.83 bits per heavy atom. The Bertz CT molecular complexity index is 1580. The van der Waals surface area contributed by atoms with Gasteiger partial charge in [0.1, 0.15) is 48.4 Å². The zero-order chi connectivity index (χ0) is 28.5. The van der Waals surface area contributed by atoms with Crippen molar-refractivity contribution in [1.82, 2.24) is 24.8 Å². The molecular weight excluding hydrogens is 539 g/mol. The number of anilines is 1. The first-order valence-corrected chi connectivity index (χ1v) is 12.8. The Morgan fingerprint density at radius 3 is 2.61 bits per heavy atom. The zero-order valence-electron chi connectivity index (χ0n) is 21.6. The van der Waals surface area contributed by atoms with Crippen LogP contribution in [0.3, 0.4) is 0 Å². The van der Waals surface area contributed by atoms with Gasteiger partial charge in [0.25, 0.3) is 0 Å². The summed E-state index contributed by atoms with van der Waals surface area (Å²) in [5.41, 5.74) is 1.34. The number of ether oxygens (including phenoxy) is 4. The van der Waals surface area contributed by atoms with Gasteiger partial charge in [0.2, 0.25) is 0 Å². The lowest BCUT2D eigenvalue weighted by Crippen LogP contribution is -2.32. The summed E-state index contributed by atoms with van der Waals surface area (Å²) in [6.07, 6.45) is -0.798. The van der Waals surface area contributed by atoms with Crippen LogP contribution in [0.25, 0.3) is 11.2 Å². The molecule has 6 rings (SSSR count). The van der Waals surface area contributed by atoms with E-state index in [9.17, 15) is 19.1 Å². The minimum absolute atomic E-state index is 0.0100. The number of fused-ring (bicyclic) bond motifs is 2. The van der Waals surface area contributed by atoms with Crippen LogP contribution in [0.1, 0.15) is 35.4 Å². The predicted octanol–water partition coefficient (Wildman–Crippen LogP) is 3.26. The number of aromatic nitrogens is 4. The molecule has 2 saturated heterocycles. The van der Waals surface area contributed by atoms with E-state index in [-0.39, 0.29) is 23.7 Å². The molecule has 14 heteroatoms. The van der Waals surface area contributed by atoms with E-state index in [1.54, 1.807) is 41.8 Å². The largest absolute Gasteiger partial charge is 0.490 e. The van der Waals surface area contributed by atoms with Crippen molar-refractivity contribution < 1.29 is 38.0 Å². The number of nitrogens with zero attached hydrogens (tertiary/aromatic N) is 4. The average Bonchev–Trinajstić information content (AvgIpc) is 3.67. The van der Waals surface area contributed by atoms with E-state index in [1.165, 1.54) is 30.9 Å². The molecule has 2 aliphatic rings. The van der Waals surface area contributed by atoms with E-state index < -0.39 is 48.6 Å². The van der Waals surface area contributed by atoms with Gasteiger partial charge in [0.05, 0.1) is 6.33 Å². The lowest BCUT2D eigenvalue weighted by molar-refractivity contribution is -0.152. The second-order valence-corrected chi connectivity index (χ2v) is 9.29. The van der Waals surface area contributed by atoms with Gasteiger partial charge < -0.3 is 29.4 Å². The number of amides is 2. The monoisotopic (exact) mass is 564 g/mol. The number of carboxylic acids is 1. The molecule has 2 amide bonds. The normalized spacial score (nSPS) is 23.3. The van der Waals surface area contributed by atoms with Crippen LogP contribution in [0.2, 0.25) is 0 Å². The van der Waals surface area contributed by atoms with Gasteiger partial charge in [0, 0.05) is 12.1 Å². The Balaban J connectivity index is 1.30. The van der Waals surface area contributed by atoms with Gasteiger partial charge in [-0.3, -0.25) is 9.88 Å². The first-order chi connectivity index (χ1) is 19.9. The maximum atomic E-state index is 13.6. The Morgan fingerprint density at radius 1 is 1.05 bits per heavy atom. The smallest absolute Gasteiger partial charge is 0.339 e. The van der Waals surface area contributed by atoms with Crippen LogP contribution >= 0.6 is 0 Å². The Hall–Kier alpha value is -4.66. The topological polar surface area (TPSA) is 159 Å². The van der Waals surface area contributed by atoms with Crippen LogP contribution in [0.5, 0.6) is 5.75 Å². The molecule has 41 heavy (non-hydrogen) atoms. The van der Waals surface area contributed by atoms with Gasteiger partial charge in [-0.05, 0) is 31.2 Å². The molecule has 13 nitrogen and oxygen atoms in total. The first kappa shape index (κ1) is 26.6. The SMILES string of the molecule is CCNC(=O)Nc1ncnc2c1ncn2C1OC(COc2ccccc2C(=O)O)C2O[C@H](c3ccc(F)cc3)OC21. The molecule has 0 bridgehead atoms. The average molecular weight is 565 g/mol. The van der Waals surface area contributed by atoms with Crippen LogP contribution < -0.4 is 15.4 Å². The van der Waals surface area contributed by atoms with Gasteiger partial charge in [-0.25, -0.2) is 28.9 Å². The number of benzene rings is 2. The molecule has 2 aromatic carbocycles. The van der Waals surface area contributed by atoms with Crippen LogP contribution in [0.15, 0.2) is 61.2 Å². The van der Waals surface area contributed by atoms with Crippen molar-refractivity contribution in [3.05, 3.63) is 78.1 Å². The van der Waals surface area contributed by atoms with Crippen molar-refractivity contribution >= 4 is 29.0 Å². The molecule has 0 saturated carbocycles. The molecule has 3 N–H and O–H groups in total. The molecule has 4 unspecified atom stereocenters. The molecule has 0 spiro atoms. The molecule has 212 valence electrons. The number of nitrogens with one attached hydrogen (secondary N) is 2. The molecule has 4 heterocycles. The third kappa shape index (κ3) is 5.15. The Kier molecular flexibility index (Phi) is 7.17. The van der Waals surface area contributed by atoms with E-state index in [0.29, 0.717) is 23.3 Å². The number of carbonyl (C=O) groups is 2. The van der Waals surface area contributed by atoms with E-state index in [4.69, 9.17) is 18.9 Å². The third-order valence-corrected chi connectivity index (χ3v) is 6.71. The van der Waals surface area contributed by atoms with Gasteiger partial charge in [0.15, 0.2) is 29.5 Å². The number of imidazole rings is 1. The fourth-order valence-corrected chi connectivity index (χ4v) is 4.85. The summed E-state index contributed by atoms with van der Waals surface area (Å²) in [5.74, 6) is -1.12. The van der Waals surface area contributed by atoms with Crippen LogP contribution in [0, 0.1) is 5.82 Å². The summed E-state index contributed by atoms with van der Waals surface area (Å²) in [6, 6.07) is 11.6. The molecule has 2 aliphatic heterocycles. The lowest BCUT2D eigenvalue weighted by atomic mass is 10.1. The standard InChI is InChI=1S/C27H25FN6O7/c1-2-29-27(37)33-22-19-23(31-12-30-22)34(13-32-19)24-21-20(40-26(41-21)14-7-9-15(28)10-8-14)18(39-24)11-38-17-6-4-3-5-16(17)25(35)36/h3-10,12-13,18,20-21,24,26H,2,11H2,1H3,(H,35,36)(H2,29,30,31,33,37)/t18?,20?,21?,24?,26-/m0/s1. The highest BCUT2D eigenvalue weighted by atomic mass is 19.1. The fourth-order valence-electron chi connectivity index (χ4n) is 4.85. The van der Waals surface area contributed by atoms with Gasteiger partial charge in [-0.15, -0.1) is 0 Å². The minimum Gasteiger partial charge on any atom is -0.490 e. The fraction of sp³-hybridized carbons (Fsp3) is 0.296. The molecule has 4 aromatic rings. The number of carbonyl (C=O) groups excluding carboxylic acids is 1. The van der Waals surface area contributed by atoms with Gasteiger partial charge in [-0.1, -0.05) is 24.3 Å². The van der Waals surface area contributed by atoms with Crippen LogP contribution in [0.4, 0.5) is 15.0 Å². The summed E-state index contributed by atoms with van der Waals surface area (Å²) in [4.78, 5) is 36.7. The number of urea groups is 1. The number of halogens is 1. The van der Waals surface area contributed by atoms with Gasteiger partial charge in [-0.2, -0.15) is 0 Å². The third-order valence-electron chi connectivity index (χ3n) is 6.71. The molecule has 2 aromatic heterocycles. The number of para-hydroxylation sites is 1. The second-order valence-electron chi connectivity index (χ2n) is 9.29. The number of aromatic carboxylic acids is 1. The zero-order valence-corrected chi connectivity index (χ0v) is 21.6. The second kappa shape index (κ2) is 11.1. The maximum absolute atomic E-state index is 13.6. The van der Waals surface area contributed by atoms with Crippen molar-refractivity contribution in [3.8, 4) is 5.75 Å². The summed E-state index contributed by atoms with van der Waals surface area (Å²) in [7, 11) is 0. The van der Waals surface area contributed by atoms with E-state index in [0.717, 1.165) is 0 Å². The van der Waals surface area contributed by atoms with Crippen LogP contribution in [-0.2, 0) is 14.2 Å². The summed E-state index contributed by atoms with van der Waals surface area (Å²) in [6.45, 7) is 2.18.